The quantitative estimate of drug-likeness (QED) is 0.646. The molecule has 3 amide bonds. The lowest BCUT2D eigenvalue weighted by atomic mass is 9.95. The van der Waals surface area contributed by atoms with Crippen LogP contribution in [0.4, 0.5) is 10.5 Å². The molecule has 4 rings (SSSR count). The summed E-state index contributed by atoms with van der Waals surface area (Å²) in [6, 6.07) is 8.19. The minimum atomic E-state index is -0.420. The first-order valence-electron chi connectivity index (χ1n) is 10.7. The van der Waals surface area contributed by atoms with Crippen LogP contribution in [-0.4, -0.2) is 33.1 Å². The first-order chi connectivity index (χ1) is 14.9. The maximum atomic E-state index is 12.8. The van der Waals surface area contributed by atoms with Gasteiger partial charge in [-0.25, -0.2) is 0 Å². The fourth-order valence-corrected chi connectivity index (χ4v) is 5.04. The number of rotatable bonds is 5. The van der Waals surface area contributed by atoms with E-state index in [9.17, 15) is 14.4 Å². The summed E-state index contributed by atoms with van der Waals surface area (Å²) in [5.41, 5.74) is 3.62. The normalized spacial score (nSPS) is 18.8. The number of aromatic nitrogens is 1. The molecule has 0 radical (unpaired) electrons. The van der Waals surface area contributed by atoms with Gasteiger partial charge in [-0.15, -0.1) is 0 Å². The van der Waals surface area contributed by atoms with Crippen LogP contribution in [0.1, 0.15) is 54.8 Å². The Kier molecular flexibility index (Phi) is 6.32. The molecule has 6 nitrogen and oxygen atoms in total. The lowest BCUT2D eigenvalue weighted by Gasteiger charge is -2.23. The molecule has 31 heavy (non-hydrogen) atoms. The number of amides is 3. The number of nitrogens with one attached hydrogen (secondary N) is 1. The van der Waals surface area contributed by atoms with Crippen LogP contribution in [0.2, 0.25) is 0 Å². The number of benzene rings is 1. The summed E-state index contributed by atoms with van der Waals surface area (Å²) < 4.78 is 2.21. The second-order valence-electron chi connectivity index (χ2n) is 8.32. The third-order valence-corrected chi connectivity index (χ3v) is 6.77. The van der Waals surface area contributed by atoms with Crippen molar-refractivity contribution in [1.82, 2.24) is 9.47 Å². The van der Waals surface area contributed by atoms with Gasteiger partial charge in [-0.1, -0.05) is 37.0 Å². The highest BCUT2D eigenvalue weighted by molar-refractivity contribution is 8.18. The molecule has 0 atom stereocenters. The Morgan fingerprint density at radius 3 is 2.68 bits per heavy atom. The van der Waals surface area contributed by atoms with Crippen molar-refractivity contribution in [2.24, 2.45) is 0 Å². The summed E-state index contributed by atoms with van der Waals surface area (Å²) in [7, 11) is 0. The summed E-state index contributed by atoms with van der Waals surface area (Å²) >= 11 is 0.884. The molecule has 2 aromatic rings. The number of anilines is 1. The largest absolute Gasteiger partial charge is 0.351 e. The number of imide groups is 1. The number of hydrogen-bond donors (Lipinski definition) is 1. The Morgan fingerprint density at radius 2 is 1.94 bits per heavy atom. The van der Waals surface area contributed by atoms with E-state index in [4.69, 9.17) is 0 Å². The van der Waals surface area contributed by atoms with E-state index in [0.29, 0.717) is 16.6 Å². The zero-order valence-corrected chi connectivity index (χ0v) is 18.7. The lowest BCUT2D eigenvalue weighted by molar-refractivity contribution is -0.127. The van der Waals surface area contributed by atoms with Crippen molar-refractivity contribution in [3.63, 3.8) is 0 Å². The highest BCUT2D eigenvalue weighted by Gasteiger charge is 2.36. The SMILES string of the molecule is Cc1ccc(NC(=O)CN2C(=O)S/C(=C/c3ccn(C4CCCCC4)c3)C2=O)c(C)c1. The van der Waals surface area contributed by atoms with Crippen molar-refractivity contribution < 1.29 is 14.4 Å². The van der Waals surface area contributed by atoms with Gasteiger partial charge < -0.3 is 9.88 Å². The Bertz CT molecular complexity index is 1050. The third-order valence-electron chi connectivity index (χ3n) is 5.86. The second-order valence-corrected chi connectivity index (χ2v) is 9.31. The highest BCUT2D eigenvalue weighted by atomic mass is 32.2. The van der Waals surface area contributed by atoms with E-state index in [0.717, 1.165) is 33.4 Å². The van der Waals surface area contributed by atoms with Crippen molar-refractivity contribution in [3.05, 3.63) is 58.3 Å². The first kappa shape index (κ1) is 21.4. The van der Waals surface area contributed by atoms with E-state index in [2.05, 4.69) is 9.88 Å². The van der Waals surface area contributed by atoms with Crippen LogP contribution in [0.15, 0.2) is 41.6 Å². The molecule has 162 valence electrons. The molecule has 1 aromatic carbocycles. The number of aryl methyl sites for hydroxylation is 2. The van der Waals surface area contributed by atoms with Crippen molar-refractivity contribution in [3.8, 4) is 0 Å². The Balaban J connectivity index is 1.41. The van der Waals surface area contributed by atoms with Gasteiger partial charge in [0.05, 0.1) is 4.91 Å². The van der Waals surface area contributed by atoms with Crippen LogP contribution < -0.4 is 5.32 Å². The Morgan fingerprint density at radius 1 is 1.16 bits per heavy atom. The summed E-state index contributed by atoms with van der Waals surface area (Å²) in [5, 5.41) is 2.37. The summed E-state index contributed by atoms with van der Waals surface area (Å²) in [5.74, 6) is -0.810. The van der Waals surface area contributed by atoms with Crippen LogP contribution in [0.3, 0.4) is 0 Å². The average molecular weight is 438 g/mol. The maximum absolute atomic E-state index is 12.8. The monoisotopic (exact) mass is 437 g/mol. The summed E-state index contributed by atoms with van der Waals surface area (Å²) in [6.45, 7) is 3.60. The molecule has 2 heterocycles. The molecule has 2 fully saturated rings. The predicted octanol–water partition coefficient (Wildman–Crippen LogP) is 5.29. The molecular formula is C24H27N3O3S. The average Bonchev–Trinajstić information content (AvgIpc) is 3.31. The second kappa shape index (κ2) is 9.14. The molecule has 1 N–H and O–H groups in total. The Labute approximate surface area is 186 Å². The van der Waals surface area contributed by atoms with Crippen molar-refractivity contribution in [2.75, 3.05) is 11.9 Å². The van der Waals surface area contributed by atoms with Gasteiger partial charge >= 0.3 is 0 Å². The molecule has 0 bridgehead atoms. The molecule has 1 saturated heterocycles. The van der Waals surface area contributed by atoms with Crippen LogP contribution in [0.5, 0.6) is 0 Å². The van der Waals surface area contributed by atoms with Gasteiger partial charge in [-0.2, -0.15) is 0 Å². The zero-order chi connectivity index (χ0) is 22.0. The predicted molar refractivity (Wildman–Crippen MR) is 124 cm³/mol. The first-order valence-corrected chi connectivity index (χ1v) is 11.5. The van der Waals surface area contributed by atoms with Crippen molar-refractivity contribution in [2.45, 2.75) is 52.0 Å². The van der Waals surface area contributed by atoms with Gasteiger partial charge in [0.2, 0.25) is 5.91 Å². The molecule has 7 heteroatoms. The molecule has 1 aliphatic carbocycles. The van der Waals surface area contributed by atoms with E-state index in [-0.39, 0.29) is 12.5 Å². The number of carbonyl (C=O) groups is 3. The number of carbonyl (C=O) groups excluding carboxylic acids is 3. The van der Waals surface area contributed by atoms with E-state index in [1.54, 1.807) is 6.08 Å². The van der Waals surface area contributed by atoms with Crippen LogP contribution in [0.25, 0.3) is 6.08 Å². The molecule has 0 unspecified atom stereocenters. The van der Waals surface area contributed by atoms with Gasteiger partial charge in [-0.05, 0) is 67.8 Å². The van der Waals surface area contributed by atoms with Crippen molar-refractivity contribution in [1.29, 1.82) is 0 Å². The van der Waals surface area contributed by atoms with Crippen LogP contribution in [-0.2, 0) is 9.59 Å². The summed E-state index contributed by atoms with van der Waals surface area (Å²) in [4.78, 5) is 38.9. The van der Waals surface area contributed by atoms with Crippen LogP contribution >= 0.6 is 11.8 Å². The van der Waals surface area contributed by atoms with Gasteiger partial charge in [0, 0.05) is 24.1 Å². The lowest BCUT2D eigenvalue weighted by Crippen LogP contribution is -2.36. The zero-order valence-electron chi connectivity index (χ0n) is 17.9. The number of hydrogen-bond acceptors (Lipinski definition) is 4. The molecule has 1 aliphatic heterocycles. The van der Waals surface area contributed by atoms with E-state index in [1.807, 2.05) is 50.5 Å². The minimum absolute atomic E-state index is 0.293. The molecular weight excluding hydrogens is 410 g/mol. The van der Waals surface area contributed by atoms with E-state index >= 15 is 0 Å². The molecule has 2 aliphatic rings. The fourth-order valence-electron chi connectivity index (χ4n) is 4.20. The standard InChI is InChI=1S/C24H27N3O3S/c1-16-8-9-20(17(2)12-16)25-22(28)15-27-23(29)21(31-24(27)30)13-18-10-11-26(14-18)19-6-4-3-5-7-19/h8-14,19H,3-7,15H2,1-2H3,(H,25,28)/b21-13+. The van der Waals surface area contributed by atoms with Gasteiger partial charge in [0.15, 0.2) is 0 Å². The number of thioether (sulfide) groups is 1. The topological polar surface area (TPSA) is 71.4 Å². The van der Waals surface area contributed by atoms with Crippen LogP contribution in [0, 0.1) is 13.8 Å². The molecule has 1 aromatic heterocycles. The van der Waals surface area contributed by atoms with Crippen molar-refractivity contribution >= 4 is 40.6 Å². The fraction of sp³-hybridized carbons (Fsp3) is 0.375. The third kappa shape index (κ3) is 4.93. The van der Waals surface area contributed by atoms with E-state index < -0.39 is 11.1 Å². The summed E-state index contributed by atoms with van der Waals surface area (Å²) in [6.07, 6.45) is 12.0. The van der Waals surface area contributed by atoms with Gasteiger partial charge in [0.25, 0.3) is 11.1 Å². The molecule has 1 saturated carbocycles. The Hall–Kier alpha value is -2.80. The van der Waals surface area contributed by atoms with Gasteiger partial charge in [0.1, 0.15) is 6.54 Å². The molecule has 0 spiro atoms. The van der Waals surface area contributed by atoms with Gasteiger partial charge in [-0.3, -0.25) is 19.3 Å². The minimum Gasteiger partial charge on any atom is -0.351 e. The highest BCUT2D eigenvalue weighted by Crippen LogP contribution is 2.33. The number of nitrogens with zero attached hydrogens (tertiary/aromatic N) is 2. The van der Waals surface area contributed by atoms with E-state index in [1.165, 1.54) is 32.1 Å². The maximum Gasteiger partial charge on any atom is 0.294 e. The smallest absolute Gasteiger partial charge is 0.294 e.